The Bertz CT molecular complexity index is 212. The molecule has 0 bridgehead atoms. The fraction of sp³-hybridized carbons (Fsp3) is 0.750. The minimum Gasteiger partial charge on any atom is -0.349 e. The van der Waals surface area contributed by atoms with Crippen molar-refractivity contribution in [2.75, 3.05) is 31.6 Å². The van der Waals surface area contributed by atoms with Gasteiger partial charge in [0.25, 0.3) is 0 Å². The highest BCUT2D eigenvalue weighted by Gasteiger charge is 2.02. The monoisotopic (exact) mass is 200 g/mol. The third kappa shape index (κ3) is 3.69. The Morgan fingerprint density at radius 2 is 2.38 bits per heavy atom. The molecule has 1 heterocycles. The van der Waals surface area contributed by atoms with Crippen LogP contribution in [0.5, 0.6) is 0 Å². The minimum absolute atomic E-state index is 0.981. The highest BCUT2D eigenvalue weighted by molar-refractivity contribution is 7.09. The molecule has 0 saturated carbocycles. The lowest BCUT2D eigenvalue weighted by atomic mass is 10.4. The molecule has 4 nitrogen and oxygen atoms in total. The standard InChI is InChI=1S/C8H16N4S/c1-3-4-9-5-6-12(2)8-10-7-11-13-8/h7,9H,3-6H2,1-2H3. The maximum absolute atomic E-state index is 4.12. The smallest absolute Gasteiger partial charge is 0.204 e. The SMILES string of the molecule is CCCNCCN(C)c1ncns1. The molecule has 0 aliphatic rings. The van der Waals surface area contributed by atoms with Gasteiger partial charge in [0.1, 0.15) is 6.33 Å². The van der Waals surface area contributed by atoms with Crippen LogP contribution in [-0.2, 0) is 0 Å². The van der Waals surface area contributed by atoms with Crippen molar-refractivity contribution in [1.29, 1.82) is 0 Å². The molecule has 0 fully saturated rings. The lowest BCUT2D eigenvalue weighted by Crippen LogP contribution is -2.29. The summed E-state index contributed by atoms with van der Waals surface area (Å²) in [5.41, 5.74) is 0. The van der Waals surface area contributed by atoms with E-state index in [1.54, 1.807) is 6.33 Å². The van der Waals surface area contributed by atoms with Gasteiger partial charge in [-0.1, -0.05) is 6.92 Å². The van der Waals surface area contributed by atoms with Gasteiger partial charge in [0.15, 0.2) is 0 Å². The molecule has 1 aromatic rings. The number of nitrogens with zero attached hydrogens (tertiary/aromatic N) is 3. The first kappa shape index (κ1) is 10.4. The van der Waals surface area contributed by atoms with E-state index in [9.17, 15) is 0 Å². The molecular weight excluding hydrogens is 184 g/mol. The van der Waals surface area contributed by atoms with Crippen molar-refractivity contribution in [2.24, 2.45) is 0 Å². The lowest BCUT2D eigenvalue weighted by Gasteiger charge is -2.14. The maximum Gasteiger partial charge on any atom is 0.204 e. The first-order valence-electron chi connectivity index (χ1n) is 4.53. The summed E-state index contributed by atoms with van der Waals surface area (Å²) in [5, 5.41) is 4.33. The largest absolute Gasteiger partial charge is 0.349 e. The van der Waals surface area contributed by atoms with Gasteiger partial charge in [-0.3, -0.25) is 0 Å². The van der Waals surface area contributed by atoms with Crippen LogP contribution in [0.1, 0.15) is 13.3 Å². The van der Waals surface area contributed by atoms with E-state index in [1.807, 2.05) is 7.05 Å². The Balaban J connectivity index is 2.15. The van der Waals surface area contributed by atoms with Gasteiger partial charge in [0, 0.05) is 31.7 Å². The van der Waals surface area contributed by atoms with E-state index in [-0.39, 0.29) is 0 Å². The van der Waals surface area contributed by atoms with Crippen LogP contribution < -0.4 is 10.2 Å². The number of hydrogen-bond acceptors (Lipinski definition) is 5. The Morgan fingerprint density at radius 3 is 3.00 bits per heavy atom. The van der Waals surface area contributed by atoms with Gasteiger partial charge >= 0.3 is 0 Å². The van der Waals surface area contributed by atoms with E-state index in [1.165, 1.54) is 18.0 Å². The van der Waals surface area contributed by atoms with E-state index < -0.39 is 0 Å². The molecule has 13 heavy (non-hydrogen) atoms. The zero-order valence-electron chi connectivity index (χ0n) is 8.16. The molecule has 1 rings (SSSR count). The molecule has 0 aliphatic heterocycles. The molecule has 1 N–H and O–H groups in total. The highest BCUT2D eigenvalue weighted by atomic mass is 32.1. The summed E-state index contributed by atoms with van der Waals surface area (Å²) in [7, 11) is 2.04. The van der Waals surface area contributed by atoms with Crippen LogP contribution in [0.2, 0.25) is 0 Å². The fourth-order valence-corrected chi connectivity index (χ4v) is 1.49. The van der Waals surface area contributed by atoms with Crippen molar-refractivity contribution in [1.82, 2.24) is 14.7 Å². The number of nitrogens with one attached hydrogen (secondary N) is 1. The second-order valence-electron chi connectivity index (χ2n) is 2.90. The average Bonchev–Trinajstić information content (AvgIpc) is 2.65. The van der Waals surface area contributed by atoms with Crippen molar-refractivity contribution < 1.29 is 0 Å². The van der Waals surface area contributed by atoms with Gasteiger partial charge in [-0.05, 0) is 13.0 Å². The Labute approximate surface area is 83.2 Å². The normalized spacial score (nSPS) is 10.3. The first-order valence-corrected chi connectivity index (χ1v) is 5.30. The van der Waals surface area contributed by atoms with E-state index >= 15 is 0 Å². The molecular formula is C8H16N4S. The molecule has 0 spiro atoms. The van der Waals surface area contributed by atoms with Crippen molar-refractivity contribution in [3.63, 3.8) is 0 Å². The van der Waals surface area contributed by atoms with Gasteiger partial charge in [-0.15, -0.1) is 0 Å². The third-order valence-electron chi connectivity index (χ3n) is 1.73. The third-order valence-corrected chi connectivity index (χ3v) is 2.51. The van der Waals surface area contributed by atoms with Gasteiger partial charge in [0.2, 0.25) is 5.13 Å². The first-order chi connectivity index (χ1) is 6.34. The van der Waals surface area contributed by atoms with E-state index in [4.69, 9.17) is 0 Å². The van der Waals surface area contributed by atoms with Gasteiger partial charge in [-0.2, -0.15) is 4.37 Å². The summed E-state index contributed by atoms with van der Waals surface area (Å²) in [5.74, 6) is 0. The summed E-state index contributed by atoms with van der Waals surface area (Å²) in [6.45, 7) is 5.24. The van der Waals surface area contributed by atoms with Crippen LogP contribution >= 0.6 is 11.5 Å². The van der Waals surface area contributed by atoms with Gasteiger partial charge in [-0.25, -0.2) is 4.98 Å². The zero-order valence-corrected chi connectivity index (χ0v) is 8.97. The Hall–Kier alpha value is -0.680. The molecule has 0 aromatic carbocycles. The quantitative estimate of drug-likeness (QED) is 0.695. The molecule has 1 aromatic heterocycles. The van der Waals surface area contributed by atoms with Crippen LogP contribution in [0, 0.1) is 0 Å². The van der Waals surface area contributed by atoms with Gasteiger partial charge in [0.05, 0.1) is 0 Å². The molecule has 74 valence electrons. The number of aromatic nitrogens is 2. The second kappa shape index (κ2) is 5.88. The molecule has 0 amide bonds. The van der Waals surface area contributed by atoms with Crippen molar-refractivity contribution in [3.05, 3.63) is 6.33 Å². The second-order valence-corrected chi connectivity index (χ2v) is 3.65. The number of rotatable bonds is 6. The molecule has 0 unspecified atom stereocenters. The van der Waals surface area contributed by atoms with Crippen molar-refractivity contribution in [3.8, 4) is 0 Å². The number of likely N-dealkylation sites (N-methyl/N-ethyl adjacent to an activating group) is 1. The van der Waals surface area contributed by atoms with Crippen molar-refractivity contribution >= 4 is 16.7 Å². The molecule has 0 aliphatic carbocycles. The van der Waals surface area contributed by atoms with Crippen LogP contribution in [0.4, 0.5) is 5.13 Å². The van der Waals surface area contributed by atoms with E-state index in [2.05, 4.69) is 26.5 Å². The lowest BCUT2D eigenvalue weighted by molar-refractivity contribution is 0.665. The topological polar surface area (TPSA) is 41.0 Å². The molecule has 0 saturated heterocycles. The van der Waals surface area contributed by atoms with Crippen LogP contribution in [0.25, 0.3) is 0 Å². The van der Waals surface area contributed by atoms with Gasteiger partial charge < -0.3 is 10.2 Å². The summed E-state index contributed by atoms with van der Waals surface area (Å²) in [4.78, 5) is 6.23. The highest BCUT2D eigenvalue weighted by Crippen LogP contribution is 2.10. The minimum atomic E-state index is 0.981. The summed E-state index contributed by atoms with van der Waals surface area (Å²) >= 11 is 1.43. The van der Waals surface area contributed by atoms with Crippen LogP contribution in [-0.4, -0.2) is 36.0 Å². The van der Waals surface area contributed by atoms with Crippen molar-refractivity contribution in [2.45, 2.75) is 13.3 Å². The van der Waals surface area contributed by atoms with Crippen LogP contribution in [0.3, 0.4) is 0 Å². The predicted molar refractivity (Wildman–Crippen MR) is 56.3 cm³/mol. The summed E-state index contributed by atoms with van der Waals surface area (Å²) < 4.78 is 3.96. The summed E-state index contributed by atoms with van der Waals surface area (Å²) in [6, 6.07) is 0. The molecule has 0 radical (unpaired) electrons. The number of hydrogen-bond donors (Lipinski definition) is 1. The molecule has 0 atom stereocenters. The van der Waals surface area contributed by atoms with E-state index in [0.29, 0.717) is 0 Å². The Kier molecular flexibility index (Phi) is 4.70. The fourth-order valence-electron chi connectivity index (χ4n) is 0.980. The van der Waals surface area contributed by atoms with E-state index in [0.717, 1.165) is 24.8 Å². The maximum atomic E-state index is 4.12. The number of anilines is 1. The van der Waals surface area contributed by atoms with Crippen LogP contribution in [0.15, 0.2) is 6.33 Å². The average molecular weight is 200 g/mol. The Morgan fingerprint density at radius 1 is 1.54 bits per heavy atom. The molecule has 5 heteroatoms. The summed E-state index contributed by atoms with van der Waals surface area (Å²) in [6.07, 6.45) is 2.78. The predicted octanol–water partition coefficient (Wildman–Crippen LogP) is 0.974. The zero-order chi connectivity index (χ0) is 9.52.